The number of hydrogen-bond donors (Lipinski definition) is 2. The number of carbonyl (C=O) groups excluding carboxylic acids is 1. The van der Waals surface area contributed by atoms with Crippen LogP contribution in [0.25, 0.3) is 0 Å². The molecule has 0 saturated carbocycles. The van der Waals surface area contributed by atoms with Gasteiger partial charge in [0.1, 0.15) is 5.75 Å². The monoisotopic (exact) mass is 236 g/mol. The Balaban J connectivity index is 2.88. The molecule has 94 valence electrons. The van der Waals surface area contributed by atoms with Gasteiger partial charge in [-0.15, -0.1) is 0 Å². The van der Waals surface area contributed by atoms with Crippen LogP contribution in [-0.2, 0) is 0 Å². The van der Waals surface area contributed by atoms with Gasteiger partial charge in [0, 0.05) is 11.8 Å². The average molecular weight is 236 g/mol. The van der Waals surface area contributed by atoms with E-state index in [-0.39, 0.29) is 6.10 Å². The van der Waals surface area contributed by atoms with E-state index in [4.69, 9.17) is 16.2 Å². The SMILES string of the molecule is CC(C)CC(C)Oc1cc(N)ccc1C(N)=O. The predicted octanol–water partition coefficient (Wildman–Crippen LogP) is 2.18. The number of anilines is 1. The summed E-state index contributed by atoms with van der Waals surface area (Å²) in [6.45, 7) is 6.20. The molecule has 4 heteroatoms. The molecule has 0 aliphatic carbocycles. The molecule has 0 heterocycles. The van der Waals surface area contributed by atoms with Crippen LogP contribution >= 0.6 is 0 Å². The number of carbonyl (C=O) groups is 1. The molecule has 0 bridgehead atoms. The molecule has 1 rings (SSSR count). The smallest absolute Gasteiger partial charge is 0.252 e. The molecule has 0 aliphatic heterocycles. The lowest BCUT2D eigenvalue weighted by molar-refractivity contribution is 0.0992. The average Bonchev–Trinajstić information content (AvgIpc) is 2.15. The number of benzene rings is 1. The topological polar surface area (TPSA) is 78.3 Å². The molecular weight excluding hydrogens is 216 g/mol. The Bertz CT molecular complexity index is 402. The highest BCUT2D eigenvalue weighted by molar-refractivity contribution is 5.96. The molecule has 4 N–H and O–H groups in total. The molecule has 1 unspecified atom stereocenters. The molecule has 17 heavy (non-hydrogen) atoms. The third-order valence-electron chi connectivity index (χ3n) is 2.40. The summed E-state index contributed by atoms with van der Waals surface area (Å²) in [4.78, 5) is 11.2. The van der Waals surface area contributed by atoms with Gasteiger partial charge in [0.25, 0.3) is 5.91 Å². The van der Waals surface area contributed by atoms with E-state index >= 15 is 0 Å². The van der Waals surface area contributed by atoms with E-state index in [9.17, 15) is 4.79 Å². The molecule has 0 radical (unpaired) electrons. The number of amides is 1. The first-order valence-corrected chi connectivity index (χ1v) is 5.76. The van der Waals surface area contributed by atoms with E-state index in [2.05, 4.69) is 13.8 Å². The van der Waals surface area contributed by atoms with Gasteiger partial charge in [0.2, 0.25) is 0 Å². The summed E-state index contributed by atoms with van der Waals surface area (Å²) in [5.41, 5.74) is 11.9. The fraction of sp³-hybridized carbons (Fsp3) is 0.462. The molecule has 1 atom stereocenters. The summed E-state index contributed by atoms with van der Waals surface area (Å²) in [7, 11) is 0. The van der Waals surface area contributed by atoms with Crippen LogP contribution in [0.3, 0.4) is 0 Å². The highest BCUT2D eigenvalue weighted by Crippen LogP contribution is 2.24. The second-order valence-corrected chi connectivity index (χ2v) is 4.68. The molecule has 0 fully saturated rings. The van der Waals surface area contributed by atoms with E-state index in [1.807, 2.05) is 6.92 Å². The van der Waals surface area contributed by atoms with Gasteiger partial charge in [0.15, 0.2) is 0 Å². The molecular formula is C13H20N2O2. The first kappa shape index (κ1) is 13.4. The van der Waals surface area contributed by atoms with Crippen LogP contribution in [0.1, 0.15) is 37.6 Å². The highest BCUT2D eigenvalue weighted by Gasteiger charge is 2.13. The number of nitrogens with two attached hydrogens (primary N) is 2. The first-order valence-electron chi connectivity index (χ1n) is 5.76. The van der Waals surface area contributed by atoms with E-state index in [0.717, 1.165) is 6.42 Å². The summed E-state index contributed by atoms with van der Waals surface area (Å²) in [6, 6.07) is 4.87. The summed E-state index contributed by atoms with van der Waals surface area (Å²) < 4.78 is 5.72. The van der Waals surface area contributed by atoms with Crippen LogP contribution in [0.5, 0.6) is 5.75 Å². The quantitative estimate of drug-likeness (QED) is 0.769. The van der Waals surface area contributed by atoms with E-state index < -0.39 is 5.91 Å². The van der Waals surface area contributed by atoms with Gasteiger partial charge in [-0.05, 0) is 31.4 Å². The first-order chi connectivity index (χ1) is 7.90. The van der Waals surface area contributed by atoms with Gasteiger partial charge < -0.3 is 16.2 Å². The van der Waals surface area contributed by atoms with E-state index in [1.54, 1.807) is 18.2 Å². The van der Waals surface area contributed by atoms with Crippen molar-refractivity contribution in [2.75, 3.05) is 5.73 Å². The maximum atomic E-state index is 11.2. The van der Waals surface area contributed by atoms with Gasteiger partial charge in [-0.3, -0.25) is 4.79 Å². The lowest BCUT2D eigenvalue weighted by Gasteiger charge is -2.18. The van der Waals surface area contributed by atoms with Crippen LogP contribution in [0.4, 0.5) is 5.69 Å². The van der Waals surface area contributed by atoms with Crippen molar-refractivity contribution in [1.29, 1.82) is 0 Å². The Morgan fingerprint density at radius 2 is 2.00 bits per heavy atom. The number of primary amides is 1. The van der Waals surface area contributed by atoms with Gasteiger partial charge in [-0.2, -0.15) is 0 Å². The number of ether oxygens (including phenoxy) is 1. The zero-order valence-electron chi connectivity index (χ0n) is 10.6. The van der Waals surface area contributed by atoms with E-state index in [1.165, 1.54) is 0 Å². The van der Waals surface area contributed by atoms with Gasteiger partial charge in [0.05, 0.1) is 11.7 Å². The minimum atomic E-state index is -0.503. The van der Waals surface area contributed by atoms with Crippen molar-refractivity contribution in [1.82, 2.24) is 0 Å². The van der Waals surface area contributed by atoms with Crippen LogP contribution < -0.4 is 16.2 Å². The molecule has 0 aliphatic rings. The fourth-order valence-electron chi connectivity index (χ4n) is 1.77. The number of nitrogen functional groups attached to an aromatic ring is 1. The normalized spacial score (nSPS) is 12.5. The van der Waals surface area contributed by atoms with Crippen LogP contribution in [0.15, 0.2) is 18.2 Å². The third kappa shape index (κ3) is 3.98. The zero-order valence-corrected chi connectivity index (χ0v) is 10.6. The summed E-state index contributed by atoms with van der Waals surface area (Å²) >= 11 is 0. The number of rotatable bonds is 5. The van der Waals surface area contributed by atoms with Crippen molar-refractivity contribution in [2.24, 2.45) is 11.7 Å². The van der Waals surface area contributed by atoms with Crippen molar-refractivity contribution in [3.63, 3.8) is 0 Å². The maximum absolute atomic E-state index is 11.2. The summed E-state index contributed by atoms with van der Waals surface area (Å²) in [6.07, 6.45) is 0.933. The van der Waals surface area contributed by atoms with Crippen molar-refractivity contribution in [3.8, 4) is 5.75 Å². The van der Waals surface area contributed by atoms with Crippen LogP contribution in [0.2, 0.25) is 0 Å². The zero-order chi connectivity index (χ0) is 13.0. The molecule has 1 aromatic rings. The molecule has 1 aromatic carbocycles. The molecule has 4 nitrogen and oxygen atoms in total. The second-order valence-electron chi connectivity index (χ2n) is 4.68. The van der Waals surface area contributed by atoms with Gasteiger partial charge >= 0.3 is 0 Å². The molecule has 0 aromatic heterocycles. The Morgan fingerprint density at radius 1 is 1.35 bits per heavy atom. The van der Waals surface area contributed by atoms with Crippen molar-refractivity contribution in [3.05, 3.63) is 23.8 Å². The Hall–Kier alpha value is -1.71. The van der Waals surface area contributed by atoms with Crippen molar-refractivity contribution >= 4 is 11.6 Å². The van der Waals surface area contributed by atoms with Crippen LogP contribution in [0, 0.1) is 5.92 Å². The Labute approximate surface area is 102 Å². The molecule has 0 saturated heterocycles. The standard InChI is InChI=1S/C13H20N2O2/c1-8(2)6-9(3)17-12-7-10(14)4-5-11(12)13(15)16/h4-5,7-9H,6,14H2,1-3H3,(H2,15,16). The second kappa shape index (κ2) is 5.57. The van der Waals surface area contributed by atoms with Crippen molar-refractivity contribution < 1.29 is 9.53 Å². The minimum Gasteiger partial charge on any atom is -0.490 e. The minimum absolute atomic E-state index is 0.0231. The Kier molecular flexibility index (Phi) is 4.37. The summed E-state index contributed by atoms with van der Waals surface area (Å²) in [5, 5.41) is 0. The fourth-order valence-corrected chi connectivity index (χ4v) is 1.77. The number of hydrogen-bond acceptors (Lipinski definition) is 3. The third-order valence-corrected chi connectivity index (χ3v) is 2.40. The predicted molar refractivity (Wildman–Crippen MR) is 68.9 cm³/mol. The van der Waals surface area contributed by atoms with Gasteiger partial charge in [-0.25, -0.2) is 0 Å². The lowest BCUT2D eigenvalue weighted by Crippen LogP contribution is -2.18. The summed E-state index contributed by atoms with van der Waals surface area (Å²) in [5.74, 6) is 0.491. The van der Waals surface area contributed by atoms with Gasteiger partial charge in [-0.1, -0.05) is 13.8 Å². The lowest BCUT2D eigenvalue weighted by atomic mass is 10.1. The molecule has 1 amide bonds. The molecule has 0 spiro atoms. The largest absolute Gasteiger partial charge is 0.490 e. The van der Waals surface area contributed by atoms with E-state index in [0.29, 0.717) is 22.9 Å². The van der Waals surface area contributed by atoms with Crippen LogP contribution in [-0.4, -0.2) is 12.0 Å². The van der Waals surface area contributed by atoms with Crippen molar-refractivity contribution in [2.45, 2.75) is 33.3 Å². The Morgan fingerprint density at radius 3 is 2.53 bits per heavy atom. The highest BCUT2D eigenvalue weighted by atomic mass is 16.5. The maximum Gasteiger partial charge on any atom is 0.252 e.